The van der Waals surface area contributed by atoms with E-state index in [9.17, 15) is 9.59 Å². The van der Waals surface area contributed by atoms with E-state index in [2.05, 4.69) is 46.5 Å². The number of ether oxygens (including phenoxy) is 1. The lowest BCUT2D eigenvalue weighted by atomic mass is 10.1. The summed E-state index contributed by atoms with van der Waals surface area (Å²) in [6, 6.07) is 19.5. The van der Waals surface area contributed by atoms with Gasteiger partial charge in [0.05, 0.1) is 24.6 Å². The second-order valence-corrected chi connectivity index (χ2v) is 9.52. The van der Waals surface area contributed by atoms with Crippen molar-refractivity contribution < 1.29 is 14.3 Å². The van der Waals surface area contributed by atoms with Crippen LogP contribution in [-0.4, -0.2) is 68.2 Å². The molecule has 0 aromatic heterocycles. The lowest BCUT2D eigenvalue weighted by molar-refractivity contribution is 0.0956. The van der Waals surface area contributed by atoms with Crippen molar-refractivity contribution in [2.75, 3.05) is 45.7 Å². The number of anilines is 1. The van der Waals surface area contributed by atoms with Gasteiger partial charge in [-0.1, -0.05) is 37.6 Å². The van der Waals surface area contributed by atoms with Crippen molar-refractivity contribution in [2.24, 2.45) is 5.10 Å². The van der Waals surface area contributed by atoms with E-state index in [4.69, 9.17) is 16.3 Å². The van der Waals surface area contributed by atoms with Gasteiger partial charge in [-0.2, -0.15) is 5.10 Å². The number of methoxy groups -OCH3 is 1. The zero-order valence-corrected chi connectivity index (χ0v) is 23.7. The Labute approximate surface area is 235 Å². The molecule has 8 nitrogen and oxygen atoms in total. The SMILES string of the molecule is CCN(CC)CCN(C)Cc1cccc(C(=O)Nc2ccc(Cl)cc2C(=O)N/N=C/c2ccc(OC)cc2)c1. The van der Waals surface area contributed by atoms with Crippen LogP contribution in [0.15, 0.2) is 71.8 Å². The number of hydrogen-bond donors (Lipinski definition) is 2. The smallest absolute Gasteiger partial charge is 0.273 e. The quantitative estimate of drug-likeness (QED) is 0.228. The third kappa shape index (κ3) is 9.21. The third-order valence-corrected chi connectivity index (χ3v) is 6.54. The number of hydrazone groups is 1. The fourth-order valence-corrected chi connectivity index (χ4v) is 4.15. The Hall–Kier alpha value is -3.72. The van der Waals surface area contributed by atoms with Gasteiger partial charge in [0.25, 0.3) is 11.8 Å². The normalized spacial score (nSPS) is 11.3. The summed E-state index contributed by atoms with van der Waals surface area (Å²) < 4.78 is 5.14. The first-order valence-corrected chi connectivity index (χ1v) is 13.3. The number of nitrogens with one attached hydrogen (secondary N) is 2. The van der Waals surface area contributed by atoms with Gasteiger partial charge in [-0.15, -0.1) is 0 Å². The molecule has 2 amide bonds. The Morgan fingerprint density at radius 1 is 0.974 bits per heavy atom. The highest BCUT2D eigenvalue weighted by molar-refractivity contribution is 6.31. The molecule has 9 heteroatoms. The Kier molecular flexibility index (Phi) is 11.5. The van der Waals surface area contributed by atoms with Crippen LogP contribution in [0, 0.1) is 0 Å². The van der Waals surface area contributed by atoms with Crippen LogP contribution in [0.5, 0.6) is 5.75 Å². The Bertz CT molecular complexity index is 1280. The van der Waals surface area contributed by atoms with Gasteiger partial charge in [-0.25, -0.2) is 5.43 Å². The third-order valence-electron chi connectivity index (χ3n) is 6.30. The van der Waals surface area contributed by atoms with Gasteiger partial charge in [0.1, 0.15) is 5.75 Å². The average Bonchev–Trinajstić information content (AvgIpc) is 2.95. The van der Waals surface area contributed by atoms with Crippen molar-refractivity contribution in [1.82, 2.24) is 15.2 Å². The summed E-state index contributed by atoms with van der Waals surface area (Å²) in [6.45, 7) is 9.04. The van der Waals surface area contributed by atoms with Gasteiger partial charge >= 0.3 is 0 Å². The molecule has 2 N–H and O–H groups in total. The van der Waals surface area contributed by atoms with Crippen molar-refractivity contribution in [1.29, 1.82) is 0 Å². The zero-order chi connectivity index (χ0) is 28.2. The highest BCUT2D eigenvalue weighted by Crippen LogP contribution is 2.22. The molecule has 3 aromatic carbocycles. The van der Waals surface area contributed by atoms with E-state index in [0.29, 0.717) is 16.3 Å². The lowest BCUT2D eigenvalue weighted by Gasteiger charge is -2.23. The van der Waals surface area contributed by atoms with Gasteiger partial charge in [-0.3, -0.25) is 9.59 Å². The highest BCUT2D eigenvalue weighted by Gasteiger charge is 2.16. The van der Waals surface area contributed by atoms with Gasteiger partial charge in [0, 0.05) is 30.2 Å². The van der Waals surface area contributed by atoms with Crippen LogP contribution in [0.3, 0.4) is 0 Å². The molecule has 206 valence electrons. The second kappa shape index (κ2) is 15.0. The molecule has 3 aromatic rings. The fraction of sp³-hybridized carbons (Fsp3) is 0.300. The standard InChI is InChI=1S/C30H36ClN5O3/c1-5-36(6-2)17-16-35(3)21-23-8-7-9-24(18-23)29(37)33-28-15-12-25(31)19-27(28)30(38)34-32-20-22-10-13-26(39-4)14-11-22/h7-15,18-20H,5-6,16-17,21H2,1-4H3,(H,33,37)(H,34,38)/b32-20+. The molecule has 0 aliphatic rings. The van der Waals surface area contributed by atoms with E-state index < -0.39 is 5.91 Å². The minimum atomic E-state index is -0.499. The first kappa shape index (κ1) is 29.8. The number of carbonyl (C=O) groups excluding carboxylic acids is 2. The summed E-state index contributed by atoms with van der Waals surface area (Å²) in [5, 5.41) is 7.24. The van der Waals surface area contributed by atoms with Crippen LogP contribution in [0.25, 0.3) is 0 Å². The lowest BCUT2D eigenvalue weighted by Crippen LogP contribution is -2.32. The molecule has 0 aliphatic heterocycles. The molecule has 0 unspecified atom stereocenters. The van der Waals surface area contributed by atoms with E-state index in [-0.39, 0.29) is 11.5 Å². The van der Waals surface area contributed by atoms with Crippen LogP contribution >= 0.6 is 11.6 Å². The average molecular weight is 550 g/mol. The van der Waals surface area contributed by atoms with Crippen LogP contribution < -0.4 is 15.5 Å². The molecule has 0 spiro atoms. The van der Waals surface area contributed by atoms with Crippen molar-refractivity contribution in [3.05, 3.63) is 94.0 Å². The zero-order valence-electron chi connectivity index (χ0n) is 22.9. The second-order valence-electron chi connectivity index (χ2n) is 9.08. The van der Waals surface area contributed by atoms with E-state index in [1.165, 1.54) is 12.3 Å². The molecule has 3 rings (SSSR count). The number of nitrogens with zero attached hydrogens (tertiary/aromatic N) is 3. The molecule has 0 saturated heterocycles. The van der Waals surface area contributed by atoms with Crippen LogP contribution in [0.4, 0.5) is 5.69 Å². The fourth-order valence-electron chi connectivity index (χ4n) is 3.98. The van der Waals surface area contributed by atoms with E-state index >= 15 is 0 Å². The largest absolute Gasteiger partial charge is 0.497 e. The van der Waals surface area contributed by atoms with Crippen molar-refractivity contribution in [3.8, 4) is 5.75 Å². The van der Waals surface area contributed by atoms with E-state index in [1.807, 2.05) is 30.3 Å². The summed E-state index contributed by atoms with van der Waals surface area (Å²) in [4.78, 5) is 30.6. The summed E-state index contributed by atoms with van der Waals surface area (Å²) in [7, 11) is 3.67. The Morgan fingerprint density at radius 2 is 1.72 bits per heavy atom. The monoisotopic (exact) mass is 549 g/mol. The molecule has 39 heavy (non-hydrogen) atoms. The maximum atomic E-state index is 13.1. The molecular weight excluding hydrogens is 514 g/mol. The van der Waals surface area contributed by atoms with Crippen molar-refractivity contribution in [3.63, 3.8) is 0 Å². The topological polar surface area (TPSA) is 86.3 Å². The summed E-state index contributed by atoms with van der Waals surface area (Å²) >= 11 is 6.16. The Balaban J connectivity index is 1.66. The van der Waals surface area contributed by atoms with Crippen molar-refractivity contribution in [2.45, 2.75) is 20.4 Å². The number of halogens is 1. The predicted molar refractivity (Wildman–Crippen MR) is 158 cm³/mol. The summed E-state index contributed by atoms with van der Waals surface area (Å²) in [6.07, 6.45) is 1.52. The minimum absolute atomic E-state index is 0.204. The van der Waals surface area contributed by atoms with Gasteiger partial charge in [-0.05, 0) is 85.9 Å². The molecule has 0 bridgehead atoms. The molecule has 0 saturated carbocycles. The molecule has 0 fully saturated rings. The van der Waals surface area contributed by atoms with Gasteiger partial charge in [0.15, 0.2) is 0 Å². The van der Waals surface area contributed by atoms with Crippen molar-refractivity contribution >= 4 is 35.3 Å². The van der Waals surface area contributed by atoms with Crippen LogP contribution in [0.1, 0.15) is 45.7 Å². The first-order valence-electron chi connectivity index (χ1n) is 12.9. The molecule has 0 heterocycles. The molecule has 0 atom stereocenters. The number of rotatable bonds is 13. The van der Waals surface area contributed by atoms with Gasteiger partial charge in [0.2, 0.25) is 0 Å². The number of amides is 2. The van der Waals surface area contributed by atoms with Gasteiger partial charge < -0.3 is 19.9 Å². The highest BCUT2D eigenvalue weighted by atomic mass is 35.5. The van der Waals surface area contributed by atoms with Crippen LogP contribution in [0.2, 0.25) is 5.02 Å². The molecule has 0 aliphatic carbocycles. The Morgan fingerprint density at radius 3 is 2.41 bits per heavy atom. The maximum absolute atomic E-state index is 13.1. The minimum Gasteiger partial charge on any atom is -0.497 e. The summed E-state index contributed by atoms with van der Waals surface area (Å²) in [5.41, 5.74) is 5.36. The number of benzene rings is 3. The predicted octanol–water partition coefficient (Wildman–Crippen LogP) is 5.14. The number of carbonyl (C=O) groups is 2. The van der Waals surface area contributed by atoms with Crippen LogP contribution in [-0.2, 0) is 6.54 Å². The summed E-state index contributed by atoms with van der Waals surface area (Å²) in [5.74, 6) is -0.0924. The number of hydrogen-bond acceptors (Lipinski definition) is 6. The molecule has 0 radical (unpaired) electrons. The number of likely N-dealkylation sites (N-methyl/N-ethyl adjacent to an activating group) is 2. The first-order chi connectivity index (χ1) is 18.8. The van der Waals surface area contributed by atoms with E-state index in [0.717, 1.165) is 49.6 Å². The van der Waals surface area contributed by atoms with E-state index in [1.54, 1.807) is 37.4 Å². The molecular formula is C30H36ClN5O3. The maximum Gasteiger partial charge on any atom is 0.273 e.